The van der Waals surface area contributed by atoms with Gasteiger partial charge in [-0.05, 0) is 39.0 Å². The van der Waals surface area contributed by atoms with Crippen molar-refractivity contribution in [3.8, 4) is 0 Å². The Morgan fingerprint density at radius 2 is 1.82 bits per heavy atom. The van der Waals surface area contributed by atoms with Gasteiger partial charge in [-0.3, -0.25) is 36.5 Å². The summed E-state index contributed by atoms with van der Waals surface area (Å²) < 4.78 is 8.15. The molecule has 5 atom stereocenters. The highest BCUT2D eigenvalue weighted by atomic mass is 16.5. The maximum absolute atomic E-state index is 13.0. The Hall–Kier alpha value is -1.99. The molecule has 8 nitrogen and oxygen atoms in total. The molecule has 3 heterocycles. The lowest BCUT2D eigenvalue weighted by Gasteiger charge is -2.38. The fourth-order valence-electron chi connectivity index (χ4n) is 5.88. The van der Waals surface area contributed by atoms with Crippen LogP contribution in [-0.4, -0.2) is 59.8 Å². The molecule has 8 heteroatoms. The quantitative estimate of drug-likeness (QED) is 0.0848. The number of nitrogens with one attached hydrogen (secondary N) is 3. The van der Waals surface area contributed by atoms with Gasteiger partial charge in [-0.25, -0.2) is 0 Å². The van der Waals surface area contributed by atoms with Gasteiger partial charge in [-0.2, -0.15) is 0 Å². The summed E-state index contributed by atoms with van der Waals surface area (Å²) in [6.07, 6.45) is 15.8. The third-order valence-corrected chi connectivity index (χ3v) is 7.59. The molecule has 0 aromatic rings. The molecule has 0 aromatic carbocycles. The van der Waals surface area contributed by atoms with Crippen LogP contribution in [-0.2, 0) is 9.53 Å². The van der Waals surface area contributed by atoms with Crippen LogP contribution in [0.4, 0.5) is 0 Å². The molecule has 188 valence electrons. The lowest BCUT2D eigenvalue weighted by Crippen LogP contribution is -2.78. The van der Waals surface area contributed by atoms with E-state index in [0.717, 1.165) is 25.2 Å². The predicted molar refractivity (Wildman–Crippen MR) is 132 cm³/mol. The van der Waals surface area contributed by atoms with E-state index in [0.29, 0.717) is 25.2 Å². The predicted octanol–water partition coefficient (Wildman–Crippen LogP) is 0.674. The van der Waals surface area contributed by atoms with E-state index >= 15 is 0 Å². The fourth-order valence-corrected chi connectivity index (χ4v) is 5.88. The molecular formula is C25H48N6O2+2. The van der Waals surface area contributed by atoms with E-state index in [1.807, 2.05) is 0 Å². The number of carbonyl (C=O) groups is 1. The molecule has 0 saturated carbocycles. The zero-order valence-corrected chi connectivity index (χ0v) is 20.9. The first-order valence-corrected chi connectivity index (χ1v) is 13.5. The number of carbonyl (C=O) groups excluding carboxylic acids is 1. The number of hydrogen-bond donors (Lipinski definition) is 5. The van der Waals surface area contributed by atoms with Crippen molar-refractivity contribution in [2.24, 2.45) is 17.4 Å². The van der Waals surface area contributed by atoms with Crippen LogP contribution in [0.25, 0.3) is 0 Å². The summed E-state index contributed by atoms with van der Waals surface area (Å²) in [6.45, 7) is 5.53. The molecular weight excluding hydrogens is 416 g/mol. The third kappa shape index (κ3) is 7.24. The summed E-state index contributed by atoms with van der Waals surface area (Å²) in [4.78, 5) is 15.9. The van der Waals surface area contributed by atoms with Gasteiger partial charge in [0.25, 0.3) is 0 Å². The van der Waals surface area contributed by atoms with Crippen LogP contribution in [0.1, 0.15) is 97.3 Å². The standard InChI is InChI=1S/C25H46N6O2/c1-3-4-5-6-7-8-9-12-19-17-20-13-14-21-22(18(2)29-25(30-19)31(20)21)23(32)33-16-11-10-15-28-24(26)27/h18-22H,3-17H2,1-2H3,(H5,26,27,28,29,30)/p+2/t18-,19-,20+,21+,22+/m1/s1. The Morgan fingerprint density at radius 1 is 1.06 bits per heavy atom. The number of nitrogens with two attached hydrogens (primary N) is 2. The molecule has 0 amide bonds. The van der Waals surface area contributed by atoms with Crippen LogP contribution < -0.4 is 27.1 Å². The van der Waals surface area contributed by atoms with Crippen molar-refractivity contribution in [2.75, 3.05) is 13.2 Å². The zero-order chi connectivity index (χ0) is 23.6. The Morgan fingerprint density at radius 3 is 2.58 bits per heavy atom. The van der Waals surface area contributed by atoms with E-state index in [1.165, 1.54) is 64.2 Å². The van der Waals surface area contributed by atoms with Crippen molar-refractivity contribution in [1.29, 1.82) is 0 Å². The van der Waals surface area contributed by atoms with Gasteiger partial charge in [0.05, 0.1) is 37.3 Å². The molecule has 3 aliphatic rings. The van der Waals surface area contributed by atoms with E-state index in [2.05, 4.69) is 34.0 Å². The van der Waals surface area contributed by atoms with Crippen molar-refractivity contribution in [2.45, 2.75) is 121 Å². The van der Waals surface area contributed by atoms with Crippen molar-refractivity contribution in [1.82, 2.24) is 10.6 Å². The summed E-state index contributed by atoms with van der Waals surface area (Å²) in [5, 5.41) is 7.40. The Labute approximate surface area is 200 Å². The van der Waals surface area contributed by atoms with Crippen LogP contribution in [0.2, 0.25) is 0 Å². The maximum Gasteiger partial charge on any atom is 0.346 e. The molecule has 3 rings (SSSR count). The van der Waals surface area contributed by atoms with Gasteiger partial charge in [0, 0.05) is 6.42 Å². The highest BCUT2D eigenvalue weighted by Crippen LogP contribution is 2.35. The second-order valence-corrected chi connectivity index (χ2v) is 10.3. The lowest BCUT2D eigenvalue weighted by atomic mass is 9.89. The van der Waals surface area contributed by atoms with Gasteiger partial charge in [0.1, 0.15) is 5.92 Å². The van der Waals surface area contributed by atoms with Crippen molar-refractivity contribution in [3.05, 3.63) is 0 Å². The molecule has 0 aliphatic carbocycles. The molecule has 0 radical (unpaired) electrons. The molecule has 1 fully saturated rings. The van der Waals surface area contributed by atoms with Crippen LogP contribution in [0, 0.1) is 5.92 Å². The van der Waals surface area contributed by atoms with Gasteiger partial charge in [0.2, 0.25) is 0 Å². The van der Waals surface area contributed by atoms with Crippen LogP contribution in [0.15, 0.2) is 0 Å². The number of unbranched alkanes of at least 4 members (excludes halogenated alkanes) is 7. The van der Waals surface area contributed by atoms with Gasteiger partial charge >= 0.3 is 17.9 Å². The molecule has 3 aliphatic heterocycles. The van der Waals surface area contributed by atoms with Crippen molar-refractivity contribution in [3.63, 3.8) is 0 Å². The minimum Gasteiger partial charge on any atom is -0.465 e. The SMILES string of the molecule is CCCCCCCCC[C@@H]1C[C@@H]2CC[C@H]3[C@@H](C(=O)OCCCC[NH+]=C(N)N)[C@@H](C)NC(=[N+]23)N1. The summed E-state index contributed by atoms with van der Waals surface area (Å²) in [7, 11) is 0. The van der Waals surface area contributed by atoms with E-state index in [4.69, 9.17) is 16.2 Å². The highest BCUT2D eigenvalue weighted by molar-refractivity contribution is 5.81. The molecule has 7 N–H and O–H groups in total. The average Bonchev–Trinajstić information content (AvgIpc) is 3.19. The monoisotopic (exact) mass is 464 g/mol. The Bertz CT molecular complexity index is 690. The second-order valence-electron chi connectivity index (χ2n) is 10.3. The molecule has 0 spiro atoms. The second kappa shape index (κ2) is 13.0. The number of rotatable bonds is 14. The van der Waals surface area contributed by atoms with Gasteiger partial charge in [-0.1, -0.05) is 51.9 Å². The third-order valence-electron chi connectivity index (χ3n) is 7.59. The maximum atomic E-state index is 13.0. The van der Waals surface area contributed by atoms with Crippen molar-refractivity contribution < 1.29 is 19.1 Å². The molecule has 1 saturated heterocycles. The molecule has 0 aromatic heterocycles. The van der Waals surface area contributed by atoms with Gasteiger partial charge < -0.3 is 4.74 Å². The topological polar surface area (TPSA) is 119 Å². The number of guanidine groups is 2. The summed E-state index contributed by atoms with van der Waals surface area (Å²) in [5.74, 6) is 1.20. The highest BCUT2D eigenvalue weighted by Gasteiger charge is 2.52. The molecule has 0 bridgehead atoms. The first-order valence-electron chi connectivity index (χ1n) is 13.5. The van der Waals surface area contributed by atoms with Crippen LogP contribution in [0.3, 0.4) is 0 Å². The summed E-state index contributed by atoms with van der Waals surface area (Å²) in [6, 6.07) is 1.41. The normalized spacial score (nSPS) is 28.0. The summed E-state index contributed by atoms with van der Waals surface area (Å²) >= 11 is 0. The smallest absolute Gasteiger partial charge is 0.346 e. The number of nitrogens with zero attached hydrogens (tertiary/aromatic N) is 1. The minimum atomic E-state index is -0.119. The van der Waals surface area contributed by atoms with Crippen LogP contribution in [0.5, 0.6) is 0 Å². The number of hydrogen-bond acceptors (Lipinski definition) is 4. The Kier molecular flexibility index (Phi) is 10.1. The van der Waals surface area contributed by atoms with E-state index < -0.39 is 0 Å². The largest absolute Gasteiger partial charge is 0.465 e. The molecule has 0 unspecified atom stereocenters. The van der Waals surface area contributed by atoms with Crippen molar-refractivity contribution >= 4 is 17.9 Å². The first kappa shape index (κ1) is 25.6. The fraction of sp³-hybridized carbons (Fsp3) is 0.880. The number of ether oxygens (including phenoxy) is 1. The number of esters is 1. The minimum absolute atomic E-state index is 0.0669. The average molecular weight is 465 g/mol. The van der Waals surface area contributed by atoms with E-state index in [-0.39, 0.29) is 29.9 Å². The molecule has 33 heavy (non-hydrogen) atoms. The van der Waals surface area contributed by atoms with E-state index in [9.17, 15) is 4.79 Å². The van der Waals surface area contributed by atoms with Gasteiger partial charge in [0.15, 0.2) is 0 Å². The first-order chi connectivity index (χ1) is 16.0. The Balaban J connectivity index is 1.45. The van der Waals surface area contributed by atoms with Gasteiger partial charge in [-0.15, -0.1) is 0 Å². The van der Waals surface area contributed by atoms with Crippen LogP contribution >= 0.6 is 0 Å². The summed E-state index contributed by atoms with van der Waals surface area (Å²) in [5.41, 5.74) is 10.8. The zero-order valence-electron chi connectivity index (χ0n) is 20.9. The van der Waals surface area contributed by atoms with E-state index in [1.54, 1.807) is 0 Å². The lowest BCUT2D eigenvalue weighted by molar-refractivity contribution is -0.598.